The van der Waals surface area contributed by atoms with E-state index in [0.29, 0.717) is 12.6 Å². The van der Waals surface area contributed by atoms with E-state index in [9.17, 15) is 0 Å². The normalized spacial score (nSPS) is 12.4. The van der Waals surface area contributed by atoms with Crippen LogP contribution in [0.25, 0.3) is 60.9 Å². The minimum atomic E-state index is -2.89. The first-order valence-corrected chi connectivity index (χ1v) is 20.7. The van der Waals surface area contributed by atoms with Gasteiger partial charge in [0, 0.05) is 16.3 Å². The molecule has 10 aromatic rings. The van der Waals surface area contributed by atoms with Gasteiger partial charge < -0.3 is 9.15 Å². The van der Waals surface area contributed by atoms with Crippen LogP contribution in [-0.4, -0.2) is 17.6 Å². The molecule has 0 N–H and O–H groups in total. The quantitative estimate of drug-likeness (QED) is 0.127. The van der Waals surface area contributed by atoms with E-state index < -0.39 is 8.07 Å². The molecule has 0 fully saturated rings. The number of imidazole rings is 1. The second-order valence-electron chi connectivity index (χ2n) is 14.3. The molecule has 260 valence electrons. The van der Waals surface area contributed by atoms with Gasteiger partial charge in [-0.2, -0.15) is 4.98 Å². The zero-order valence-corrected chi connectivity index (χ0v) is 30.9. The molecule has 0 bridgehead atoms. The number of hydrogen-bond acceptors (Lipinski definition) is 3. The van der Waals surface area contributed by atoms with E-state index in [1.165, 1.54) is 37.4 Å². The van der Waals surface area contributed by atoms with E-state index in [1.54, 1.807) is 0 Å². The van der Waals surface area contributed by atoms with Crippen LogP contribution in [0, 0.1) is 0 Å². The van der Waals surface area contributed by atoms with Crippen LogP contribution in [0.15, 0.2) is 199 Å². The smallest absolute Gasteiger partial charge is 0.302 e. The van der Waals surface area contributed by atoms with Crippen LogP contribution in [0.1, 0.15) is 5.56 Å². The molecule has 55 heavy (non-hydrogen) atoms. The molecule has 8 aromatic carbocycles. The van der Waals surface area contributed by atoms with Gasteiger partial charge >= 0.3 is 6.01 Å². The number of ether oxygens (including phenoxy) is 1. The third-order valence-electron chi connectivity index (χ3n) is 11.3. The maximum Gasteiger partial charge on any atom is 0.302 e. The molecular weight excluding hydrogens is 689 g/mol. The molecule has 0 saturated heterocycles. The number of hydrogen-bond donors (Lipinski definition) is 0. The maximum atomic E-state index is 6.34. The Kier molecular flexibility index (Phi) is 7.22. The van der Waals surface area contributed by atoms with Crippen LogP contribution in [0.4, 0.5) is 0 Å². The number of rotatable bonds is 6. The molecule has 1 aliphatic rings. The van der Waals surface area contributed by atoms with Crippen molar-refractivity contribution in [3.63, 3.8) is 0 Å². The fraction of sp³-hybridized carbons (Fsp3) is 0.0200. The van der Waals surface area contributed by atoms with E-state index in [2.05, 4.69) is 180 Å². The molecule has 4 nitrogen and oxygen atoms in total. The van der Waals surface area contributed by atoms with Crippen molar-refractivity contribution < 1.29 is 9.15 Å². The first-order valence-electron chi connectivity index (χ1n) is 18.7. The lowest BCUT2D eigenvalue weighted by atomic mass is 9.99. The standard InChI is InChI=1S/C50H34N2O2Si/c1-3-16-38(17-4-1)55(39-18-5-2-6-19-39,41-21-12-15-36(32-41)42-23-13-27-48-49(42)43-22-7-10-26-47(43)54-48)40-20-11-14-34(31-40)35-28-29-45-37(30-35)33-53-50-51-44-24-8-9-25-46(44)52(45)50/h1-32H,33H2. The lowest BCUT2D eigenvalue weighted by molar-refractivity contribution is 0.266. The molecule has 0 atom stereocenters. The molecular formula is C50H34N2O2Si. The number of nitrogens with zero attached hydrogens (tertiary/aromatic N) is 2. The summed E-state index contributed by atoms with van der Waals surface area (Å²) in [6.45, 7) is 0.477. The third kappa shape index (κ3) is 4.94. The highest BCUT2D eigenvalue weighted by atomic mass is 28.3. The minimum Gasteiger partial charge on any atom is -0.459 e. The van der Waals surface area contributed by atoms with E-state index >= 15 is 0 Å². The average Bonchev–Trinajstić information content (AvgIpc) is 3.84. The molecule has 11 rings (SSSR count). The first-order chi connectivity index (χ1) is 27.3. The Balaban J connectivity index is 1.11. The van der Waals surface area contributed by atoms with Crippen molar-refractivity contribution in [1.29, 1.82) is 0 Å². The summed E-state index contributed by atoms with van der Waals surface area (Å²) >= 11 is 0. The molecule has 3 heterocycles. The van der Waals surface area contributed by atoms with Gasteiger partial charge in [-0.15, -0.1) is 0 Å². The fourth-order valence-electron chi connectivity index (χ4n) is 8.82. The van der Waals surface area contributed by atoms with Crippen LogP contribution >= 0.6 is 0 Å². The number of furan rings is 1. The fourth-order valence-corrected chi connectivity index (χ4v) is 13.6. The van der Waals surface area contributed by atoms with Crippen molar-refractivity contribution in [1.82, 2.24) is 9.55 Å². The predicted molar refractivity (Wildman–Crippen MR) is 227 cm³/mol. The van der Waals surface area contributed by atoms with E-state index in [1.807, 2.05) is 18.2 Å². The number of para-hydroxylation sites is 3. The Morgan fingerprint density at radius 1 is 0.491 bits per heavy atom. The summed E-state index contributed by atoms with van der Waals surface area (Å²) in [6.07, 6.45) is 0. The highest BCUT2D eigenvalue weighted by molar-refractivity contribution is 7.20. The van der Waals surface area contributed by atoms with E-state index in [-0.39, 0.29) is 0 Å². The molecule has 1 aliphatic heterocycles. The van der Waals surface area contributed by atoms with Gasteiger partial charge in [0.2, 0.25) is 0 Å². The van der Waals surface area contributed by atoms with Gasteiger partial charge in [0.05, 0.1) is 16.7 Å². The zero-order valence-electron chi connectivity index (χ0n) is 29.9. The molecule has 5 heteroatoms. The third-order valence-corrected chi connectivity index (χ3v) is 16.0. The summed E-state index contributed by atoms with van der Waals surface area (Å²) in [6, 6.07) is 71.2. The molecule has 0 saturated carbocycles. The van der Waals surface area contributed by atoms with Gasteiger partial charge in [-0.25, -0.2) is 0 Å². The number of benzene rings is 8. The molecule has 0 unspecified atom stereocenters. The van der Waals surface area contributed by atoms with Gasteiger partial charge in [0.25, 0.3) is 0 Å². The van der Waals surface area contributed by atoms with Crippen molar-refractivity contribution in [2.45, 2.75) is 6.61 Å². The topological polar surface area (TPSA) is 40.2 Å². The summed E-state index contributed by atoms with van der Waals surface area (Å²) in [4.78, 5) is 4.75. The van der Waals surface area contributed by atoms with E-state index in [4.69, 9.17) is 14.1 Å². The van der Waals surface area contributed by atoms with Crippen molar-refractivity contribution in [3.05, 3.63) is 200 Å². The van der Waals surface area contributed by atoms with Crippen molar-refractivity contribution >= 4 is 61.8 Å². The van der Waals surface area contributed by atoms with Gasteiger partial charge in [-0.05, 0) is 79.4 Å². The summed E-state index contributed by atoms with van der Waals surface area (Å²) in [7, 11) is -2.89. The Hall–Kier alpha value is -6.95. The zero-order chi connectivity index (χ0) is 36.3. The SMILES string of the molecule is c1ccc([Si](c2ccccc2)(c2cccc(-c3ccc4c(c3)COc3nc5ccccc5n3-4)c2)c2cccc(-c3cccc4oc5ccccc5c34)c2)cc1. The minimum absolute atomic E-state index is 0.477. The second kappa shape index (κ2) is 12.6. The summed E-state index contributed by atoms with van der Waals surface area (Å²) in [5.74, 6) is 0. The van der Waals surface area contributed by atoms with Gasteiger partial charge in [0.15, 0.2) is 8.07 Å². The maximum absolute atomic E-state index is 6.34. The summed E-state index contributed by atoms with van der Waals surface area (Å²) in [5, 5.41) is 7.60. The summed E-state index contributed by atoms with van der Waals surface area (Å²) < 4.78 is 14.7. The monoisotopic (exact) mass is 722 g/mol. The van der Waals surface area contributed by atoms with Crippen LogP contribution in [-0.2, 0) is 6.61 Å². The molecule has 0 spiro atoms. The Morgan fingerprint density at radius 3 is 1.91 bits per heavy atom. The lowest BCUT2D eigenvalue weighted by Gasteiger charge is -2.35. The summed E-state index contributed by atoms with van der Waals surface area (Å²) in [5.41, 5.74) is 10.7. The molecule has 0 radical (unpaired) electrons. The van der Waals surface area contributed by atoms with Gasteiger partial charge in [-0.3, -0.25) is 4.57 Å². The Bertz CT molecular complexity index is 3020. The highest BCUT2D eigenvalue weighted by Crippen LogP contribution is 2.37. The Morgan fingerprint density at radius 2 is 1.11 bits per heavy atom. The van der Waals surface area contributed by atoms with Crippen LogP contribution in [0.2, 0.25) is 0 Å². The predicted octanol–water partition coefficient (Wildman–Crippen LogP) is 9.53. The molecule has 2 aromatic heterocycles. The van der Waals surface area contributed by atoms with E-state index in [0.717, 1.165) is 49.8 Å². The largest absolute Gasteiger partial charge is 0.459 e. The number of fused-ring (bicyclic) bond motifs is 8. The van der Waals surface area contributed by atoms with Gasteiger partial charge in [0.1, 0.15) is 17.8 Å². The first kappa shape index (κ1) is 31.6. The van der Waals surface area contributed by atoms with Gasteiger partial charge in [-0.1, -0.05) is 158 Å². The van der Waals surface area contributed by atoms with Crippen molar-refractivity contribution in [2.24, 2.45) is 0 Å². The number of aromatic nitrogens is 2. The van der Waals surface area contributed by atoms with Crippen LogP contribution in [0.3, 0.4) is 0 Å². The van der Waals surface area contributed by atoms with Crippen LogP contribution in [0.5, 0.6) is 6.01 Å². The van der Waals surface area contributed by atoms with Crippen molar-refractivity contribution in [2.75, 3.05) is 0 Å². The average molecular weight is 723 g/mol. The lowest BCUT2D eigenvalue weighted by Crippen LogP contribution is -2.74. The Labute approximate surface area is 319 Å². The van der Waals surface area contributed by atoms with Crippen molar-refractivity contribution in [3.8, 4) is 34.0 Å². The molecule has 0 amide bonds. The molecule has 0 aliphatic carbocycles. The van der Waals surface area contributed by atoms with Crippen LogP contribution < -0.4 is 25.5 Å². The highest BCUT2D eigenvalue weighted by Gasteiger charge is 2.41. The second-order valence-corrected chi connectivity index (χ2v) is 18.1.